The molecule has 0 atom stereocenters. The molecule has 0 spiro atoms. The van der Waals surface area contributed by atoms with Crippen LogP contribution < -0.4 is 4.72 Å². The van der Waals surface area contributed by atoms with E-state index in [0.29, 0.717) is 5.58 Å². The van der Waals surface area contributed by atoms with Crippen molar-refractivity contribution in [2.45, 2.75) is 19.2 Å². The summed E-state index contributed by atoms with van der Waals surface area (Å²) in [7, 11) is -3.39. The second kappa shape index (κ2) is 5.90. The third kappa shape index (κ3) is 3.35. The number of nitrogens with zero attached hydrogens (tertiary/aromatic N) is 1. The molecule has 0 aliphatic heterocycles. The molecule has 0 bridgehead atoms. The van der Waals surface area contributed by atoms with Crippen molar-refractivity contribution in [3.8, 4) is 0 Å². The molecule has 0 amide bonds. The first kappa shape index (κ1) is 14.7. The Kier molecular flexibility index (Phi) is 3.96. The summed E-state index contributed by atoms with van der Waals surface area (Å²) in [6, 6.07) is 12.9. The van der Waals surface area contributed by atoms with Crippen LogP contribution in [0.2, 0.25) is 0 Å². The first-order valence-corrected chi connectivity index (χ1v) is 8.53. The van der Waals surface area contributed by atoms with Gasteiger partial charge in [-0.2, -0.15) is 0 Å². The minimum Gasteiger partial charge on any atom is -0.443 e. The Bertz CT molecular complexity index is 900. The quantitative estimate of drug-likeness (QED) is 0.785. The number of sulfonamides is 1. The molecule has 0 aliphatic rings. The zero-order chi connectivity index (χ0) is 15.6. The van der Waals surface area contributed by atoms with Crippen LogP contribution in [-0.4, -0.2) is 13.4 Å². The molecule has 0 saturated heterocycles. The van der Waals surface area contributed by atoms with E-state index in [1.807, 2.05) is 43.3 Å². The molecule has 0 fully saturated rings. The van der Waals surface area contributed by atoms with E-state index in [1.165, 1.54) is 6.39 Å². The lowest BCUT2D eigenvalue weighted by molar-refractivity contribution is 0.579. The highest BCUT2D eigenvalue weighted by Crippen LogP contribution is 2.15. The lowest BCUT2D eigenvalue weighted by Gasteiger charge is -2.09. The number of rotatable bonds is 5. The highest BCUT2D eigenvalue weighted by molar-refractivity contribution is 7.88. The summed E-state index contributed by atoms with van der Waals surface area (Å²) >= 11 is 0. The molecular weight excluding hydrogens is 300 g/mol. The fourth-order valence-electron chi connectivity index (χ4n) is 2.23. The fourth-order valence-corrected chi connectivity index (χ4v) is 3.45. The van der Waals surface area contributed by atoms with E-state index < -0.39 is 10.0 Å². The number of nitrogens with one attached hydrogen (secondary N) is 1. The van der Waals surface area contributed by atoms with E-state index in [-0.39, 0.29) is 12.3 Å². The Labute approximate surface area is 129 Å². The van der Waals surface area contributed by atoms with E-state index in [0.717, 1.165) is 22.2 Å². The number of hydrogen-bond acceptors (Lipinski definition) is 4. The van der Waals surface area contributed by atoms with Crippen LogP contribution in [0.15, 0.2) is 53.3 Å². The van der Waals surface area contributed by atoms with Crippen molar-refractivity contribution in [1.29, 1.82) is 0 Å². The van der Waals surface area contributed by atoms with Crippen LogP contribution in [0.4, 0.5) is 0 Å². The van der Waals surface area contributed by atoms with E-state index in [2.05, 4.69) is 9.71 Å². The maximum absolute atomic E-state index is 12.2. The van der Waals surface area contributed by atoms with Gasteiger partial charge in [-0.05, 0) is 35.7 Å². The molecular formula is C16H16N2O3S. The Morgan fingerprint density at radius 1 is 1.18 bits per heavy atom. The molecule has 2 aromatic carbocycles. The summed E-state index contributed by atoms with van der Waals surface area (Å²) in [5, 5.41) is 0. The first-order valence-electron chi connectivity index (χ1n) is 6.87. The van der Waals surface area contributed by atoms with Crippen LogP contribution >= 0.6 is 0 Å². The van der Waals surface area contributed by atoms with Gasteiger partial charge >= 0.3 is 0 Å². The van der Waals surface area contributed by atoms with Crippen LogP contribution in [0.3, 0.4) is 0 Å². The molecule has 5 nitrogen and oxygen atoms in total. The van der Waals surface area contributed by atoms with Crippen molar-refractivity contribution in [3.63, 3.8) is 0 Å². The largest absolute Gasteiger partial charge is 0.443 e. The second-order valence-corrected chi connectivity index (χ2v) is 6.97. The van der Waals surface area contributed by atoms with E-state index in [4.69, 9.17) is 4.42 Å². The van der Waals surface area contributed by atoms with Crippen LogP contribution in [0.25, 0.3) is 11.1 Å². The summed E-state index contributed by atoms with van der Waals surface area (Å²) in [5.41, 5.74) is 4.01. The van der Waals surface area contributed by atoms with Gasteiger partial charge in [0.15, 0.2) is 12.0 Å². The minimum absolute atomic E-state index is 0.0236. The molecule has 114 valence electrons. The average molecular weight is 316 g/mol. The number of aromatic nitrogens is 1. The lowest BCUT2D eigenvalue weighted by Crippen LogP contribution is -2.25. The van der Waals surface area contributed by atoms with E-state index in [1.54, 1.807) is 6.07 Å². The number of hydrogen-bond donors (Lipinski definition) is 1. The van der Waals surface area contributed by atoms with Crippen molar-refractivity contribution in [1.82, 2.24) is 9.71 Å². The highest BCUT2D eigenvalue weighted by Gasteiger charge is 2.13. The molecule has 1 aromatic heterocycles. The van der Waals surface area contributed by atoms with Gasteiger partial charge < -0.3 is 4.42 Å². The Balaban J connectivity index is 1.70. The van der Waals surface area contributed by atoms with Gasteiger partial charge in [0.1, 0.15) is 5.52 Å². The minimum atomic E-state index is -3.39. The van der Waals surface area contributed by atoms with Crippen molar-refractivity contribution in [2.24, 2.45) is 0 Å². The third-order valence-corrected chi connectivity index (χ3v) is 4.77. The maximum Gasteiger partial charge on any atom is 0.216 e. The molecule has 22 heavy (non-hydrogen) atoms. The number of fused-ring (bicyclic) bond motifs is 1. The predicted octanol–water partition coefficient (Wildman–Crippen LogP) is 2.76. The van der Waals surface area contributed by atoms with Crippen LogP contribution in [-0.2, 0) is 22.3 Å². The van der Waals surface area contributed by atoms with Crippen LogP contribution in [0, 0.1) is 6.92 Å². The van der Waals surface area contributed by atoms with E-state index in [9.17, 15) is 8.42 Å². The topological polar surface area (TPSA) is 72.2 Å². The average Bonchev–Trinajstić information content (AvgIpc) is 2.95. The highest BCUT2D eigenvalue weighted by atomic mass is 32.2. The first-order chi connectivity index (χ1) is 10.5. The van der Waals surface area contributed by atoms with Gasteiger partial charge in [0.05, 0.1) is 5.75 Å². The second-order valence-electron chi connectivity index (χ2n) is 5.16. The SMILES string of the molecule is Cc1ccccc1CS(=O)(=O)NCc1ccc2ncoc2c1. The van der Waals surface area contributed by atoms with Gasteiger partial charge in [0, 0.05) is 6.54 Å². The molecule has 6 heteroatoms. The van der Waals surface area contributed by atoms with Gasteiger partial charge in [0.25, 0.3) is 0 Å². The normalized spacial score (nSPS) is 11.9. The molecule has 0 aliphatic carbocycles. The molecule has 0 radical (unpaired) electrons. The van der Waals surface area contributed by atoms with E-state index >= 15 is 0 Å². The zero-order valence-corrected chi connectivity index (χ0v) is 12.9. The molecule has 0 unspecified atom stereocenters. The van der Waals surface area contributed by atoms with Crippen LogP contribution in [0.5, 0.6) is 0 Å². The molecule has 1 N–H and O–H groups in total. The third-order valence-electron chi connectivity index (χ3n) is 3.50. The van der Waals surface area contributed by atoms with Crippen molar-refractivity contribution in [3.05, 3.63) is 65.5 Å². The predicted molar refractivity (Wildman–Crippen MR) is 84.7 cm³/mol. The number of benzene rings is 2. The molecule has 0 saturated carbocycles. The van der Waals surface area contributed by atoms with Crippen molar-refractivity contribution < 1.29 is 12.8 Å². The van der Waals surface area contributed by atoms with Gasteiger partial charge in [-0.1, -0.05) is 30.3 Å². The van der Waals surface area contributed by atoms with Gasteiger partial charge in [-0.3, -0.25) is 0 Å². The van der Waals surface area contributed by atoms with Crippen molar-refractivity contribution in [2.75, 3.05) is 0 Å². The monoisotopic (exact) mass is 316 g/mol. The molecule has 1 heterocycles. The van der Waals surface area contributed by atoms with Gasteiger partial charge in [-0.25, -0.2) is 18.1 Å². The molecule has 3 aromatic rings. The number of oxazole rings is 1. The number of aryl methyl sites for hydroxylation is 1. The maximum atomic E-state index is 12.2. The Morgan fingerprint density at radius 3 is 2.82 bits per heavy atom. The smallest absolute Gasteiger partial charge is 0.216 e. The summed E-state index contributed by atoms with van der Waals surface area (Å²) in [6.07, 6.45) is 1.37. The van der Waals surface area contributed by atoms with Crippen molar-refractivity contribution >= 4 is 21.1 Å². The zero-order valence-electron chi connectivity index (χ0n) is 12.1. The van der Waals surface area contributed by atoms with Gasteiger partial charge in [0.2, 0.25) is 10.0 Å². The van der Waals surface area contributed by atoms with Gasteiger partial charge in [-0.15, -0.1) is 0 Å². The standard InChI is InChI=1S/C16H16N2O3S/c1-12-4-2-3-5-14(12)10-22(19,20)18-9-13-6-7-15-16(8-13)21-11-17-15/h2-8,11,18H,9-10H2,1H3. The summed E-state index contributed by atoms with van der Waals surface area (Å²) in [5.74, 6) is -0.0236. The summed E-state index contributed by atoms with van der Waals surface area (Å²) in [4.78, 5) is 4.03. The summed E-state index contributed by atoms with van der Waals surface area (Å²) < 4.78 is 32.2. The lowest BCUT2D eigenvalue weighted by atomic mass is 10.1. The molecule has 3 rings (SSSR count). The fraction of sp³-hybridized carbons (Fsp3) is 0.188. The van der Waals surface area contributed by atoms with Crippen LogP contribution in [0.1, 0.15) is 16.7 Å². The Hall–Kier alpha value is -2.18. The Morgan fingerprint density at radius 2 is 2.00 bits per heavy atom. The summed E-state index contributed by atoms with van der Waals surface area (Å²) in [6.45, 7) is 2.13.